The quantitative estimate of drug-likeness (QED) is 0.136. The lowest BCUT2D eigenvalue weighted by molar-refractivity contribution is -0.129. The summed E-state index contributed by atoms with van der Waals surface area (Å²) in [5.74, 6) is 3.08. The predicted octanol–water partition coefficient (Wildman–Crippen LogP) is 6.14. The van der Waals surface area contributed by atoms with Crippen LogP contribution in [0.1, 0.15) is 25.7 Å². The smallest absolute Gasteiger partial charge is 0.243 e. The summed E-state index contributed by atoms with van der Waals surface area (Å²) in [6.07, 6.45) is 2.66. The van der Waals surface area contributed by atoms with Crippen molar-refractivity contribution < 1.29 is 28.6 Å². The minimum absolute atomic E-state index is 0.304. The molecule has 1 aromatic heterocycles. The summed E-state index contributed by atoms with van der Waals surface area (Å²) in [5.41, 5.74) is 5.01. The molecule has 0 aliphatic carbocycles. The van der Waals surface area contributed by atoms with Crippen molar-refractivity contribution in [1.82, 2.24) is 10.5 Å². The number of methoxy groups -OCH3 is 2. The molecular weight excluding hydrogens is 472 g/mol. The van der Waals surface area contributed by atoms with Crippen molar-refractivity contribution in [3.8, 4) is 51.3 Å². The molecule has 0 saturated carbocycles. The van der Waals surface area contributed by atoms with Gasteiger partial charge in [-0.25, -0.2) is 10.5 Å². The molecule has 0 bridgehead atoms. The lowest BCUT2D eigenvalue weighted by atomic mass is 10.1. The van der Waals surface area contributed by atoms with E-state index >= 15 is 0 Å². The van der Waals surface area contributed by atoms with Crippen LogP contribution in [-0.2, 0) is 4.79 Å². The van der Waals surface area contributed by atoms with Crippen LogP contribution in [0.25, 0.3) is 34.0 Å². The number of hydrogen-bond acceptors (Lipinski definition) is 7. The SMILES string of the molecule is COc1ccc(-c2nc(-c3ccc(OCCCCCC(=O)NO)cc3)oc2-c2ccc(OC)cc2)cc1. The maximum Gasteiger partial charge on any atom is 0.243 e. The van der Waals surface area contributed by atoms with Crippen molar-refractivity contribution in [2.75, 3.05) is 20.8 Å². The summed E-state index contributed by atoms with van der Waals surface area (Å²) < 4.78 is 22.7. The standard InChI is InChI=1S/C29H30N2O6/c1-34-23-13-7-20(8-14-23)27-28(21-9-15-24(35-2)16-10-21)37-29(30-27)22-11-17-25(18-12-22)36-19-5-3-4-6-26(32)31-33/h7-18,33H,3-6,19H2,1-2H3,(H,31,32). The molecule has 8 nitrogen and oxygen atoms in total. The summed E-state index contributed by atoms with van der Waals surface area (Å²) in [6.45, 7) is 0.544. The molecule has 37 heavy (non-hydrogen) atoms. The number of nitrogens with zero attached hydrogens (tertiary/aromatic N) is 1. The maximum atomic E-state index is 11.0. The van der Waals surface area contributed by atoms with E-state index in [1.807, 2.05) is 72.8 Å². The molecule has 0 aliphatic rings. The lowest BCUT2D eigenvalue weighted by Gasteiger charge is -2.06. The summed E-state index contributed by atoms with van der Waals surface area (Å²) in [4.78, 5) is 15.9. The van der Waals surface area contributed by atoms with Gasteiger partial charge in [-0.2, -0.15) is 0 Å². The highest BCUT2D eigenvalue weighted by molar-refractivity contribution is 5.79. The summed E-state index contributed by atoms with van der Waals surface area (Å²) >= 11 is 0. The molecule has 192 valence electrons. The van der Waals surface area contributed by atoms with E-state index in [0.717, 1.165) is 52.5 Å². The molecule has 1 amide bonds. The molecular formula is C29H30N2O6. The number of oxazole rings is 1. The third-order valence-corrected chi connectivity index (χ3v) is 5.89. The monoisotopic (exact) mass is 502 g/mol. The van der Waals surface area contributed by atoms with Gasteiger partial charge < -0.3 is 18.6 Å². The number of unbranched alkanes of at least 4 members (excludes halogenated alkanes) is 2. The number of carbonyl (C=O) groups is 1. The molecule has 2 N–H and O–H groups in total. The summed E-state index contributed by atoms with van der Waals surface area (Å²) in [5, 5.41) is 8.52. The van der Waals surface area contributed by atoms with E-state index in [-0.39, 0.29) is 5.91 Å². The minimum Gasteiger partial charge on any atom is -0.497 e. The van der Waals surface area contributed by atoms with E-state index in [9.17, 15) is 4.79 Å². The molecule has 8 heteroatoms. The average Bonchev–Trinajstić information content (AvgIpc) is 3.40. The topological polar surface area (TPSA) is 103 Å². The fraction of sp³-hybridized carbons (Fsp3) is 0.241. The summed E-state index contributed by atoms with van der Waals surface area (Å²) in [6, 6.07) is 23.0. The van der Waals surface area contributed by atoms with Crippen LogP contribution < -0.4 is 19.7 Å². The number of hydroxylamine groups is 1. The van der Waals surface area contributed by atoms with Crippen molar-refractivity contribution >= 4 is 5.91 Å². The molecule has 0 aliphatic heterocycles. The van der Waals surface area contributed by atoms with E-state index in [2.05, 4.69) is 0 Å². The number of carbonyl (C=O) groups excluding carboxylic acids is 1. The lowest BCUT2D eigenvalue weighted by Crippen LogP contribution is -2.17. The zero-order valence-electron chi connectivity index (χ0n) is 20.9. The van der Waals surface area contributed by atoms with Gasteiger partial charge in [0.25, 0.3) is 0 Å². The first kappa shape index (κ1) is 25.8. The molecule has 0 saturated heterocycles. The second-order valence-corrected chi connectivity index (χ2v) is 8.37. The van der Waals surface area contributed by atoms with Crippen LogP contribution in [0.5, 0.6) is 17.2 Å². The van der Waals surface area contributed by atoms with Gasteiger partial charge in [0, 0.05) is 23.1 Å². The Bertz CT molecular complexity index is 1220. The molecule has 0 unspecified atom stereocenters. The highest BCUT2D eigenvalue weighted by Crippen LogP contribution is 2.37. The Balaban J connectivity index is 1.50. The van der Waals surface area contributed by atoms with Gasteiger partial charge >= 0.3 is 0 Å². The van der Waals surface area contributed by atoms with Crippen LogP contribution in [0.3, 0.4) is 0 Å². The largest absolute Gasteiger partial charge is 0.497 e. The molecule has 1 heterocycles. The Morgan fingerprint density at radius 1 is 0.784 bits per heavy atom. The van der Waals surface area contributed by atoms with E-state index in [0.29, 0.717) is 31.1 Å². The normalized spacial score (nSPS) is 10.7. The van der Waals surface area contributed by atoms with Crippen LogP contribution in [0.15, 0.2) is 77.2 Å². The third kappa shape index (κ3) is 6.68. The van der Waals surface area contributed by atoms with Gasteiger partial charge in [-0.15, -0.1) is 0 Å². The highest BCUT2D eigenvalue weighted by Gasteiger charge is 2.18. The first-order valence-corrected chi connectivity index (χ1v) is 12.1. The fourth-order valence-electron chi connectivity index (χ4n) is 3.83. The van der Waals surface area contributed by atoms with Gasteiger partial charge in [0.2, 0.25) is 11.8 Å². The van der Waals surface area contributed by atoms with Gasteiger partial charge in [0.05, 0.1) is 20.8 Å². The zero-order chi connectivity index (χ0) is 26.0. The van der Waals surface area contributed by atoms with Gasteiger partial charge in [-0.1, -0.05) is 0 Å². The summed E-state index contributed by atoms with van der Waals surface area (Å²) in [7, 11) is 3.27. The van der Waals surface area contributed by atoms with Gasteiger partial charge in [-0.05, 0) is 92.1 Å². The van der Waals surface area contributed by atoms with Crippen LogP contribution in [0.4, 0.5) is 0 Å². The number of hydrogen-bond donors (Lipinski definition) is 2. The number of rotatable bonds is 12. The van der Waals surface area contributed by atoms with Crippen LogP contribution in [-0.4, -0.2) is 36.9 Å². The van der Waals surface area contributed by atoms with E-state index in [4.69, 9.17) is 28.8 Å². The zero-order valence-corrected chi connectivity index (χ0v) is 20.9. The van der Waals surface area contributed by atoms with Crippen molar-refractivity contribution in [3.63, 3.8) is 0 Å². The second-order valence-electron chi connectivity index (χ2n) is 8.37. The number of ether oxygens (including phenoxy) is 3. The number of amides is 1. The highest BCUT2D eigenvalue weighted by atomic mass is 16.5. The molecule has 4 rings (SSSR count). The molecule has 0 atom stereocenters. The van der Waals surface area contributed by atoms with Crippen LogP contribution >= 0.6 is 0 Å². The number of aromatic nitrogens is 1. The Morgan fingerprint density at radius 2 is 1.35 bits per heavy atom. The third-order valence-electron chi connectivity index (χ3n) is 5.89. The predicted molar refractivity (Wildman–Crippen MR) is 140 cm³/mol. The Kier molecular flexibility index (Phi) is 8.78. The Hall–Kier alpha value is -4.30. The van der Waals surface area contributed by atoms with Gasteiger partial charge in [-0.3, -0.25) is 10.0 Å². The van der Waals surface area contributed by atoms with Crippen molar-refractivity contribution in [1.29, 1.82) is 0 Å². The van der Waals surface area contributed by atoms with Gasteiger partial charge in [0.15, 0.2) is 5.76 Å². The molecule has 4 aromatic rings. The van der Waals surface area contributed by atoms with E-state index in [1.165, 1.54) is 0 Å². The van der Waals surface area contributed by atoms with Gasteiger partial charge in [0.1, 0.15) is 22.9 Å². The Labute approximate surface area is 215 Å². The van der Waals surface area contributed by atoms with Crippen LogP contribution in [0.2, 0.25) is 0 Å². The molecule has 0 fully saturated rings. The van der Waals surface area contributed by atoms with Crippen molar-refractivity contribution in [2.45, 2.75) is 25.7 Å². The minimum atomic E-state index is -0.367. The van der Waals surface area contributed by atoms with Crippen molar-refractivity contribution in [2.24, 2.45) is 0 Å². The van der Waals surface area contributed by atoms with E-state index in [1.54, 1.807) is 19.7 Å². The first-order valence-electron chi connectivity index (χ1n) is 12.1. The first-order chi connectivity index (χ1) is 18.1. The fourth-order valence-corrected chi connectivity index (χ4v) is 3.83. The molecule has 0 radical (unpaired) electrons. The molecule has 3 aromatic carbocycles. The second kappa shape index (κ2) is 12.6. The Morgan fingerprint density at radius 3 is 1.95 bits per heavy atom. The maximum absolute atomic E-state index is 11.0. The van der Waals surface area contributed by atoms with Crippen LogP contribution in [0, 0.1) is 0 Å². The van der Waals surface area contributed by atoms with Crippen molar-refractivity contribution in [3.05, 3.63) is 72.8 Å². The number of benzene rings is 3. The van der Waals surface area contributed by atoms with E-state index < -0.39 is 0 Å². The average molecular weight is 503 g/mol. The number of nitrogens with one attached hydrogen (secondary N) is 1. The molecule has 0 spiro atoms.